The molecule has 0 atom stereocenters. The first-order valence-electron chi connectivity index (χ1n) is 10.5. The summed E-state index contributed by atoms with van der Waals surface area (Å²) in [6.07, 6.45) is 1.66. The Morgan fingerprint density at radius 2 is 1.97 bits per heavy atom. The van der Waals surface area contributed by atoms with Gasteiger partial charge in [0, 0.05) is 16.1 Å². The van der Waals surface area contributed by atoms with Gasteiger partial charge in [0.15, 0.2) is 11.3 Å². The summed E-state index contributed by atoms with van der Waals surface area (Å²) in [5.41, 5.74) is 7.56. The second kappa shape index (κ2) is 9.28. The Morgan fingerprint density at radius 1 is 1.17 bits per heavy atom. The number of aromatic nitrogens is 4. The van der Waals surface area contributed by atoms with Crippen LogP contribution in [0.2, 0.25) is 0 Å². The summed E-state index contributed by atoms with van der Waals surface area (Å²) in [6, 6.07) is 13.9. The van der Waals surface area contributed by atoms with E-state index < -0.39 is 11.4 Å². The molecule has 2 heterocycles. The molecule has 0 bridgehead atoms. The number of aliphatic hydroxyl groups excluding tert-OH is 1. The van der Waals surface area contributed by atoms with Crippen molar-refractivity contribution in [3.05, 3.63) is 91.8 Å². The van der Waals surface area contributed by atoms with E-state index in [-0.39, 0.29) is 35.9 Å². The van der Waals surface area contributed by atoms with E-state index in [4.69, 9.17) is 14.9 Å². The maximum absolute atomic E-state index is 13.0. The number of carbonyl (C=O) groups is 1. The van der Waals surface area contributed by atoms with E-state index in [0.717, 1.165) is 10.0 Å². The highest BCUT2D eigenvalue weighted by molar-refractivity contribution is 9.10. The molecule has 3 N–H and O–H groups in total. The minimum Gasteiger partial charge on any atom is -0.455 e. The van der Waals surface area contributed by atoms with E-state index >= 15 is 0 Å². The van der Waals surface area contributed by atoms with Crippen LogP contribution in [0.25, 0.3) is 22.6 Å². The van der Waals surface area contributed by atoms with Crippen LogP contribution in [-0.4, -0.2) is 31.1 Å². The molecule has 3 aromatic rings. The number of nitrogens with two attached hydrogens (primary N) is 1. The van der Waals surface area contributed by atoms with Crippen LogP contribution < -0.4 is 11.2 Å². The van der Waals surface area contributed by atoms with Gasteiger partial charge in [0.2, 0.25) is 5.43 Å². The number of nitrogen functional groups attached to an aromatic ring is 1. The molecule has 2 aromatic carbocycles. The van der Waals surface area contributed by atoms with Gasteiger partial charge in [-0.05, 0) is 17.7 Å². The van der Waals surface area contributed by atoms with Crippen molar-refractivity contribution in [3.63, 3.8) is 0 Å². The number of fused-ring (bicyclic) bond motifs is 2. The maximum atomic E-state index is 13.0. The SMILES string of the molecule is Nc1c(C(=O)OCc2cn(Cc3ccccc3Br)nn2)c2nc3c(CO)cccc3oc-2cc1=O. The van der Waals surface area contributed by atoms with Crippen LogP contribution in [-0.2, 0) is 24.5 Å². The number of carbonyl (C=O) groups excluding carboxylic acids is 1. The number of esters is 1. The number of hydrogen-bond donors (Lipinski definition) is 2. The van der Waals surface area contributed by atoms with Gasteiger partial charge < -0.3 is 20.0 Å². The summed E-state index contributed by atoms with van der Waals surface area (Å²) in [5.74, 6) is -0.771. The standard InChI is InChI=1S/C24H18BrN5O5/c25-16-6-2-1-4-13(16)9-30-10-15(28-29-30)12-34-24(33)20-21(26)17(32)8-19-23(20)27-22-14(11-31)5-3-7-18(22)35-19/h1-8,10,31H,9,11-12,26H2. The monoisotopic (exact) mass is 535 g/mol. The van der Waals surface area contributed by atoms with Crippen molar-refractivity contribution >= 4 is 38.7 Å². The molecule has 1 aliphatic heterocycles. The Hall–Kier alpha value is -4.09. The lowest BCUT2D eigenvalue weighted by atomic mass is 10.1. The quantitative estimate of drug-likeness (QED) is 0.190. The fourth-order valence-electron chi connectivity index (χ4n) is 3.66. The number of rotatable bonds is 6. The summed E-state index contributed by atoms with van der Waals surface area (Å²) in [4.78, 5) is 29.9. The Labute approximate surface area is 206 Å². The minimum absolute atomic E-state index is 0.0677. The van der Waals surface area contributed by atoms with Gasteiger partial charge >= 0.3 is 5.97 Å². The average molecular weight is 536 g/mol. The molecule has 10 nitrogen and oxygen atoms in total. The van der Waals surface area contributed by atoms with Gasteiger partial charge in [-0.2, -0.15) is 0 Å². The molecule has 5 rings (SSSR count). The van der Waals surface area contributed by atoms with Crippen LogP contribution in [0.1, 0.15) is 27.2 Å². The van der Waals surface area contributed by atoms with Gasteiger partial charge in [0.05, 0.1) is 25.0 Å². The Kier molecular flexibility index (Phi) is 6.01. The predicted octanol–water partition coefficient (Wildman–Crippen LogP) is 3.13. The topological polar surface area (TPSA) is 146 Å². The summed E-state index contributed by atoms with van der Waals surface area (Å²) in [7, 11) is 0. The second-order valence-electron chi connectivity index (χ2n) is 7.72. The third-order valence-electron chi connectivity index (χ3n) is 5.40. The highest BCUT2D eigenvalue weighted by Gasteiger charge is 2.26. The van der Waals surface area contributed by atoms with Crippen molar-refractivity contribution in [2.45, 2.75) is 19.8 Å². The summed E-state index contributed by atoms with van der Waals surface area (Å²) >= 11 is 3.50. The van der Waals surface area contributed by atoms with E-state index in [1.165, 1.54) is 6.07 Å². The van der Waals surface area contributed by atoms with Gasteiger partial charge in [-0.15, -0.1) is 5.10 Å². The zero-order chi connectivity index (χ0) is 24.5. The van der Waals surface area contributed by atoms with Crippen molar-refractivity contribution < 1.29 is 19.1 Å². The van der Waals surface area contributed by atoms with Crippen LogP contribution in [0.4, 0.5) is 5.69 Å². The van der Waals surface area contributed by atoms with Gasteiger partial charge in [0.1, 0.15) is 29.1 Å². The van der Waals surface area contributed by atoms with Crippen molar-refractivity contribution in [2.75, 3.05) is 5.73 Å². The summed E-state index contributed by atoms with van der Waals surface area (Å²) in [5, 5.41) is 17.7. The molecule has 2 aliphatic rings. The lowest BCUT2D eigenvalue weighted by Gasteiger charge is -2.13. The molecule has 0 radical (unpaired) electrons. The molecular weight excluding hydrogens is 518 g/mol. The third kappa shape index (κ3) is 4.38. The molecule has 0 unspecified atom stereocenters. The van der Waals surface area contributed by atoms with Crippen molar-refractivity contribution in [1.29, 1.82) is 0 Å². The molecular formula is C24H18BrN5O5. The Balaban J connectivity index is 1.42. The van der Waals surface area contributed by atoms with Crippen LogP contribution in [0.15, 0.2) is 68.4 Å². The van der Waals surface area contributed by atoms with Crippen molar-refractivity contribution in [1.82, 2.24) is 20.0 Å². The Morgan fingerprint density at radius 3 is 2.77 bits per heavy atom. The number of aliphatic hydroxyl groups is 1. The fraction of sp³-hybridized carbons (Fsp3) is 0.125. The zero-order valence-electron chi connectivity index (χ0n) is 18.1. The van der Waals surface area contributed by atoms with Gasteiger partial charge in [-0.1, -0.05) is 51.5 Å². The number of ether oxygens (including phenoxy) is 1. The van der Waals surface area contributed by atoms with Crippen molar-refractivity contribution in [2.24, 2.45) is 0 Å². The molecule has 0 spiro atoms. The first-order chi connectivity index (χ1) is 16.9. The van der Waals surface area contributed by atoms with Crippen LogP contribution in [0.5, 0.6) is 0 Å². The highest BCUT2D eigenvalue weighted by atomic mass is 79.9. The predicted molar refractivity (Wildman–Crippen MR) is 130 cm³/mol. The van der Waals surface area contributed by atoms with E-state index in [1.807, 2.05) is 24.3 Å². The molecule has 1 aliphatic carbocycles. The number of para-hydroxylation sites is 1. The van der Waals surface area contributed by atoms with E-state index in [9.17, 15) is 14.7 Å². The molecule has 0 fully saturated rings. The average Bonchev–Trinajstić information content (AvgIpc) is 3.30. The second-order valence-corrected chi connectivity index (χ2v) is 8.58. The number of halogens is 1. The van der Waals surface area contributed by atoms with E-state index in [1.54, 1.807) is 29.1 Å². The fourth-order valence-corrected chi connectivity index (χ4v) is 4.07. The number of benzene rings is 3. The largest absolute Gasteiger partial charge is 0.455 e. The molecule has 11 heteroatoms. The smallest absolute Gasteiger partial charge is 0.343 e. The normalized spacial score (nSPS) is 11.3. The molecule has 0 saturated carbocycles. The van der Waals surface area contributed by atoms with Gasteiger partial charge in [0.25, 0.3) is 0 Å². The molecule has 0 amide bonds. The molecule has 35 heavy (non-hydrogen) atoms. The van der Waals surface area contributed by atoms with Crippen LogP contribution in [0, 0.1) is 0 Å². The highest BCUT2D eigenvalue weighted by Crippen LogP contribution is 2.31. The zero-order valence-corrected chi connectivity index (χ0v) is 19.7. The van der Waals surface area contributed by atoms with Crippen molar-refractivity contribution in [3.8, 4) is 11.5 Å². The number of nitrogens with zero attached hydrogens (tertiary/aromatic N) is 4. The van der Waals surface area contributed by atoms with Crippen LogP contribution in [0.3, 0.4) is 0 Å². The minimum atomic E-state index is -0.853. The van der Waals surface area contributed by atoms with E-state index in [0.29, 0.717) is 28.9 Å². The first kappa shape index (κ1) is 22.7. The molecule has 1 aromatic heterocycles. The lowest BCUT2D eigenvalue weighted by Crippen LogP contribution is -2.19. The lowest BCUT2D eigenvalue weighted by molar-refractivity contribution is 0.0469. The Bertz CT molecular complexity index is 1600. The summed E-state index contributed by atoms with van der Waals surface area (Å²) in [6.45, 7) is 0.00474. The number of anilines is 1. The van der Waals surface area contributed by atoms with Crippen LogP contribution >= 0.6 is 15.9 Å². The van der Waals surface area contributed by atoms with Gasteiger partial charge in [-0.3, -0.25) is 4.79 Å². The molecule has 176 valence electrons. The molecule has 0 saturated heterocycles. The first-order valence-corrected chi connectivity index (χ1v) is 11.3. The summed E-state index contributed by atoms with van der Waals surface area (Å²) < 4.78 is 13.7. The van der Waals surface area contributed by atoms with Gasteiger partial charge in [-0.25, -0.2) is 14.5 Å². The maximum Gasteiger partial charge on any atom is 0.343 e. The third-order valence-corrected chi connectivity index (χ3v) is 6.17. The van der Waals surface area contributed by atoms with E-state index in [2.05, 4.69) is 31.2 Å². The number of hydrogen-bond acceptors (Lipinski definition) is 9.